The number of hydrogen-bond donors (Lipinski definition) is 0. The fourth-order valence-electron chi connectivity index (χ4n) is 4.84. The molecule has 39 heavy (non-hydrogen) atoms. The second-order valence-electron chi connectivity index (χ2n) is 10.5. The van der Waals surface area contributed by atoms with Crippen LogP contribution in [0.15, 0.2) is 66.3 Å². The normalized spacial score (nSPS) is 13.1. The summed E-state index contributed by atoms with van der Waals surface area (Å²) in [4.78, 5) is 8.60. The Morgan fingerprint density at radius 3 is 1.79 bits per heavy atom. The zero-order chi connectivity index (χ0) is 29.3. The Bertz CT molecular complexity index is 1190. The molecule has 0 spiro atoms. The molecular weight excluding hydrogens is 639 g/mol. The molecular formula is C32H41Cl3N3Pd-. The summed E-state index contributed by atoms with van der Waals surface area (Å²) in [6, 6.07) is 15.0. The fraction of sp³-hybridized carbons (Fsp3) is 0.375. The predicted molar refractivity (Wildman–Crippen MR) is 167 cm³/mol. The molecule has 4 rings (SSSR count). The van der Waals surface area contributed by atoms with E-state index in [1.165, 1.54) is 50.5 Å². The van der Waals surface area contributed by atoms with Crippen LogP contribution < -0.4 is 4.90 Å². The van der Waals surface area contributed by atoms with Gasteiger partial charge in [-0.2, -0.15) is 6.67 Å². The molecule has 0 bridgehead atoms. The first-order valence-electron chi connectivity index (χ1n) is 13.1. The third kappa shape index (κ3) is 9.24. The summed E-state index contributed by atoms with van der Waals surface area (Å²) < 4.78 is 0. The molecule has 0 saturated heterocycles. The summed E-state index contributed by atoms with van der Waals surface area (Å²) >= 11 is 5.37. The van der Waals surface area contributed by atoms with Crippen LogP contribution in [-0.2, 0) is 22.5 Å². The molecule has 0 saturated carbocycles. The van der Waals surface area contributed by atoms with E-state index in [2.05, 4.69) is 114 Å². The number of aryl methyl sites for hydroxylation is 3. The Hall–Kier alpha value is -1.54. The summed E-state index contributed by atoms with van der Waals surface area (Å²) in [5.41, 5.74) is 12.4. The topological polar surface area (TPSA) is 19.4 Å². The van der Waals surface area contributed by atoms with Crippen molar-refractivity contribution < 1.29 is 15.9 Å². The molecule has 0 aliphatic carbocycles. The van der Waals surface area contributed by atoms with Crippen molar-refractivity contribution in [2.24, 2.45) is 0 Å². The molecule has 1 aliphatic rings. The Kier molecular flexibility index (Phi) is 13.8. The Labute approximate surface area is 257 Å². The second kappa shape index (κ2) is 16.0. The number of rotatable bonds is 5. The van der Waals surface area contributed by atoms with Gasteiger partial charge in [-0.15, -0.1) is 0 Å². The van der Waals surface area contributed by atoms with E-state index in [9.17, 15) is 0 Å². The molecule has 1 aliphatic heterocycles. The van der Waals surface area contributed by atoms with E-state index in [0.717, 1.165) is 6.54 Å². The molecule has 3 nitrogen and oxygen atoms in total. The maximum atomic E-state index is 5.48. The molecule has 3 aromatic rings. The minimum atomic E-state index is -0.106. The molecule has 2 aromatic carbocycles. The Morgan fingerprint density at radius 1 is 0.846 bits per heavy atom. The number of pyridine rings is 1. The van der Waals surface area contributed by atoms with Gasteiger partial charge in [0.1, 0.15) is 0 Å². The van der Waals surface area contributed by atoms with Crippen molar-refractivity contribution in [2.75, 3.05) is 4.90 Å². The van der Waals surface area contributed by atoms with Gasteiger partial charge in [-0.1, -0.05) is 75.2 Å². The molecule has 0 fully saturated rings. The molecule has 0 atom stereocenters. The van der Waals surface area contributed by atoms with Gasteiger partial charge in [0.2, 0.25) is 0 Å². The van der Waals surface area contributed by atoms with Gasteiger partial charge in [-0.25, -0.2) is 0 Å². The van der Waals surface area contributed by atoms with Gasteiger partial charge in [0, 0.05) is 30.3 Å². The zero-order valence-electron chi connectivity index (χ0n) is 24.4. The molecule has 7 heteroatoms. The number of para-hydroxylation sites is 1. The third-order valence-electron chi connectivity index (χ3n) is 6.95. The standard InChI is InChI=1S/C27H37N2.C5H4ClN.2ClH.Pd/c1-17(2)24-11-10-12-25(18(3)4)27(24)29-16-28(22(8)23(29)9)15-26-20(6)13-19(5)14-21(26)7;6-5-2-1-3-7-4-5;;;/h10-14,16-18H,15H2,1-9H3;1-4H;2*1H;/q-1;;;;+2/p-2. The van der Waals surface area contributed by atoms with Crippen LogP contribution in [0.1, 0.15) is 86.8 Å². The number of hydrogen-bond acceptors (Lipinski definition) is 3. The van der Waals surface area contributed by atoms with Crippen molar-refractivity contribution in [2.45, 2.75) is 80.7 Å². The van der Waals surface area contributed by atoms with Crippen LogP contribution in [-0.4, -0.2) is 9.88 Å². The Morgan fingerprint density at radius 2 is 1.38 bits per heavy atom. The number of benzene rings is 2. The second-order valence-corrected chi connectivity index (χ2v) is 13.3. The van der Waals surface area contributed by atoms with Crippen molar-refractivity contribution in [3.63, 3.8) is 0 Å². The first kappa shape index (κ1) is 33.7. The summed E-state index contributed by atoms with van der Waals surface area (Å²) in [5.74, 6) is 0.974. The van der Waals surface area contributed by atoms with Gasteiger partial charge in [0.15, 0.2) is 0 Å². The van der Waals surface area contributed by atoms with E-state index in [0.29, 0.717) is 16.9 Å². The number of aromatic nitrogens is 1. The summed E-state index contributed by atoms with van der Waals surface area (Å²) in [6.07, 6.45) is 3.29. The van der Waals surface area contributed by atoms with Gasteiger partial charge in [0.05, 0.1) is 5.02 Å². The van der Waals surface area contributed by atoms with E-state index < -0.39 is 0 Å². The number of halogens is 3. The van der Waals surface area contributed by atoms with Crippen molar-refractivity contribution in [1.82, 2.24) is 9.88 Å². The van der Waals surface area contributed by atoms with E-state index in [-0.39, 0.29) is 15.9 Å². The van der Waals surface area contributed by atoms with Crippen LogP contribution >= 0.6 is 30.7 Å². The van der Waals surface area contributed by atoms with E-state index >= 15 is 0 Å². The fourth-order valence-corrected chi connectivity index (χ4v) is 4.97. The van der Waals surface area contributed by atoms with Crippen LogP contribution in [0.3, 0.4) is 0 Å². The van der Waals surface area contributed by atoms with E-state index in [1.807, 2.05) is 0 Å². The molecule has 0 radical (unpaired) electrons. The molecule has 0 N–H and O–H groups in total. The maximum absolute atomic E-state index is 5.48. The third-order valence-corrected chi connectivity index (χ3v) is 7.17. The minimum absolute atomic E-state index is 0.106. The quantitative estimate of drug-likeness (QED) is 0.198. The van der Waals surface area contributed by atoms with Gasteiger partial charge in [-0.3, -0.25) is 4.98 Å². The van der Waals surface area contributed by atoms with Crippen LogP contribution in [0, 0.1) is 27.4 Å². The van der Waals surface area contributed by atoms with Crippen LogP contribution in [0.5, 0.6) is 0 Å². The SMILES string of the molecule is CC1=C(C)N(c2c(C(C)C)cccc2C(C)C)[CH-]N1Cc1c(C)cc(C)cc1C.Clc1cccnc1.[Cl][Pd][Cl]. The first-order valence-corrected chi connectivity index (χ1v) is 17.5. The van der Waals surface area contributed by atoms with Crippen LogP contribution in [0.25, 0.3) is 0 Å². The first-order chi connectivity index (χ1) is 18.4. The van der Waals surface area contributed by atoms with Gasteiger partial charge in [0.25, 0.3) is 0 Å². The molecule has 2 heterocycles. The van der Waals surface area contributed by atoms with Gasteiger partial charge >= 0.3 is 35.0 Å². The summed E-state index contributed by atoms with van der Waals surface area (Å²) in [6.45, 7) is 23.6. The predicted octanol–water partition coefficient (Wildman–Crippen LogP) is 10.7. The summed E-state index contributed by atoms with van der Waals surface area (Å²) in [5, 5.41) is 0.683. The van der Waals surface area contributed by atoms with E-state index in [4.69, 9.17) is 30.7 Å². The van der Waals surface area contributed by atoms with Crippen LogP contribution in [0.4, 0.5) is 5.69 Å². The average molecular weight is 680 g/mol. The summed E-state index contributed by atoms with van der Waals surface area (Å²) in [7, 11) is 9.63. The zero-order valence-corrected chi connectivity index (χ0v) is 28.2. The van der Waals surface area contributed by atoms with Gasteiger partial charge in [-0.05, 0) is 92.1 Å². The number of anilines is 1. The van der Waals surface area contributed by atoms with Gasteiger partial charge < -0.3 is 9.80 Å². The molecule has 0 unspecified atom stereocenters. The van der Waals surface area contributed by atoms with Crippen molar-refractivity contribution in [1.29, 1.82) is 0 Å². The molecule has 216 valence electrons. The monoisotopic (exact) mass is 678 g/mol. The number of allylic oxidation sites excluding steroid dienone is 2. The van der Waals surface area contributed by atoms with Crippen LogP contribution in [0.2, 0.25) is 5.02 Å². The Balaban J connectivity index is 0.000000450. The average Bonchev–Trinajstić information content (AvgIpc) is 3.15. The number of nitrogens with zero attached hydrogens (tertiary/aromatic N) is 3. The molecule has 1 aromatic heterocycles. The van der Waals surface area contributed by atoms with Crippen molar-refractivity contribution in [3.8, 4) is 0 Å². The molecule has 0 amide bonds. The van der Waals surface area contributed by atoms with E-state index in [1.54, 1.807) is 24.5 Å². The van der Waals surface area contributed by atoms with Crippen molar-refractivity contribution in [3.05, 3.63) is 111 Å². The van der Waals surface area contributed by atoms with Crippen molar-refractivity contribution >= 4 is 36.3 Å².